The van der Waals surface area contributed by atoms with Gasteiger partial charge in [-0.2, -0.15) is 0 Å². The van der Waals surface area contributed by atoms with Crippen LogP contribution in [0.25, 0.3) is 11.0 Å². The second-order valence-corrected chi connectivity index (χ2v) is 8.00. The number of nitrogens with one attached hydrogen (secondary N) is 1. The Labute approximate surface area is 191 Å². The first kappa shape index (κ1) is 20.8. The van der Waals surface area contributed by atoms with Crippen molar-refractivity contribution in [3.05, 3.63) is 95.3 Å². The number of methoxy groups -OCH3 is 1. The molecular weight excluding hydrogens is 416 g/mol. The Morgan fingerprint density at radius 2 is 1.82 bits per heavy atom. The standard InChI is InChI=1S/C26H24N4O3/c1-33-23-10-6-5-9-20(23)16-27-25(31)19-11-12-22-21(15-19)28-24-26(32)29(13-14-30(22)24)17-18-7-3-2-4-8-18/h2-12,15H,13-14,16-17H2,1H3,(H,27,31). The average Bonchev–Trinajstić information content (AvgIpc) is 3.23. The summed E-state index contributed by atoms with van der Waals surface area (Å²) in [6.45, 7) is 2.20. The van der Waals surface area contributed by atoms with Gasteiger partial charge in [0.1, 0.15) is 5.75 Å². The lowest BCUT2D eigenvalue weighted by atomic mass is 10.1. The first-order valence-electron chi connectivity index (χ1n) is 10.9. The van der Waals surface area contributed by atoms with E-state index >= 15 is 0 Å². The van der Waals surface area contributed by atoms with Crippen molar-refractivity contribution in [2.75, 3.05) is 13.7 Å². The van der Waals surface area contributed by atoms with Gasteiger partial charge in [-0.05, 0) is 29.8 Å². The number of aromatic nitrogens is 2. The normalized spacial score (nSPS) is 13.1. The van der Waals surface area contributed by atoms with E-state index in [2.05, 4.69) is 10.3 Å². The van der Waals surface area contributed by atoms with E-state index in [0.717, 1.165) is 22.4 Å². The Morgan fingerprint density at radius 3 is 2.64 bits per heavy atom. The van der Waals surface area contributed by atoms with E-state index in [1.54, 1.807) is 19.2 Å². The van der Waals surface area contributed by atoms with E-state index in [-0.39, 0.29) is 11.8 Å². The van der Waals surface area contributed by atoms with Gasteiger partial charge < -0.3 is 19.5 Å². The van der Waals surface area contributed by atoms with Crippen molar-refractivity contribution in [3.63, 3.8) is 0 Å². The summed E-state index contributed by atoms with van der Waals surface area (Å²) in [5, 5.41) is 2.93. The lowest BCUT2D eigenvalue weighted by molar-refractivity contribution is 0.0685. The Balaban J connectivity index is 1.34. The molecule has 166 valence electrons. The number of hydrogen-bond donors (Lipinski definition) is 1. The molecule has 0 saturated carbocycles. The van der Waals surface area contributed by atoms with Gasteiger partial charge in [-0.15, -0.1) is 0 Å². The number of ether oxygens (including phenoxy) is 1. The van der Waals surface area contributed by atoms with Crippen LogP contribution in [0.4, 0.5) is 0 Å². The number of benzene rings is 3. The number of para-hydroxylation sites is 1. The molecule has 4 aromatic rings. The maximum Gasteiger partial charge on any atom is 0.290 e. The van der Waals surface area contributed by atoms with Crippen LogP contribution in [-0.2, 0) is 19.6 Å². The van der Waals surface area contributed by atoms with Crippen LogP contribution in [0, 0.1) is 0 Å². The smallest absolute Gasteiger partial charge is 0.290 e. The number of nitrogens with zero attached hydrogens (tertiary/aromatic N) is 3. The molecule has 1 aliphatic heterocycles. The minimum Gasteiger partial charge on any atom is -0.496 e. The monoisotopic (exact) mass is 440 g/mol. The van der Waals surface area contributed by atoms with Crippen molar-refractivity contribution in [2.45, 2.75) is 19.6 Å². The fourth-order valence-corrected chi connectivity index (χ4v) is 4.21. The first-order chi connectivity index (χ1) is 16.1. The van der Waals surface area contributed by atoms with Gasteiger partial charge in [0.15, 0.2) is 5.82 Å². The number of fused-ring (bicyclic) bond motifs is 3. The molecule has 0 aliphatic carbocycles. The quantitative estimate of drug-likeness (QED) is 0.497. The molecule has 1 N–H and O–H groups in total. The fourth-order valence-electron chi connectivity index (χ4n) is 4.21. The Kier molecular flexibility index (Phi) is 5.52. The summed E-state index contributed by atoms with van der Waals surface area (Å²) in [5.41, 5.74) is 3.99. The van der Waals surface area contributed by atoms with E-state index in [4.69, 9.17) is 4.74 Å². The van der Waals surface area contributed by atoms with Crippen LogP contribution in [0.2, 0.25) is 0 Å². The van der Waals surface area contributed by atoms with Crippen molar-refractivity contribution in [1.82, 2.24) is 19.8 Å². The van der Waals surface area contributed by atoms with Gasteiger partial charge in [0.05, 0.1) is 18.1 Å². The first-order valence-corrected chi connectivity index (χ1v) is 10.9. The fraction of sp³-hybridized carbons (Fsp3) is 0.192. The van der Waals surface area contributed by atoms with Gasteiger partial charge >= 0.3 is 0 Å². The molecule has 7 heteroatoms. The highest BCUT2D eigenvalue weighted by Crippen LogP contribution is 2.23. The highest BCUT2D eigenvalue weighted by Gasteiger charge is 2.28. The molecule has 0 bridgehead atoms. The number of rotatable bonds is 6. The number of imidazole rings is 1. The molecule has 1 aromatic heterocycles. The number of amides is 2. The van der Waals surface area contributed by atoms with Crippen LogP contribution in [0.1, 0.15) is 32.1 Å². The molecule has 1 aliphatic rings. The van der Waals surface area contributed by atoms with Crippen LogP contribution < -0.4 is 10.1 Å². The van der Waals surface area contributed by atoms with E-state index in [0.29, 0.717) is 43.1 Å². The second kappa shape index (κ2) is 8.78. The summed E-state index contributed by atoms with van der Waals surface area (Å²) >= 11 is 0. The molecule has 0 fully saturated rings. The van der Waals surface area contributed by atoms with E-state index in [9.17, 15) is 9.59 Å². The Morgan fingerprint density at radius 1 is 1.03 bits per heavy atom. The number of hydrogen-bond acceptors (Lipinski definition) is 4. The zero-order chi connectivity index (χ0) is 22.8. The number of carbonyl (C=O) groups excluding carboxylic acids is 2. The highest BCUT2D eigenvalue weighted by molar-refractivity contribution is 6.00. The van der Waals surface area contributed by atoms with Crippen molar-refractivity contribution in [2.24, 2.45) is 0 Å². The molecule has 2 heterocycles. The van der Waals surface area contributed by atoms with Gasteiger partial charge in [-0.25, -0.2) is 4.98 Å². The minimum atomic E-state index is -0.203. The third-order valence-corrected chi connectivity index (χ3v) is 5.93. The lowest BCUT2D eigenvalue weighted by Crippen LogP contribution is -2.39. The molecule has 0 radical (unpaired) electrons. The molecule has 0 unspecified atom stereocenters. The van der Waals surface area contributed by atoms with Crippen LogP contribution >= 0.6 is 0 Å². The molecule has 0 spiro atoms. The van der Waals surface area contributed by atoms with Gasteiger partial charge in [-0.1, -0.05) is 48.5 Å². The summed E-state index contributed by atoms with van der Waals surface area (Å²) in [6.07, 6.45) is 0. The zero-order valence-electron chi connectivity index (χ0n) is 18.3. The second-order valence-electron chi connectivity index (χ2n) is 8.00. The molecule has 5 rings (SSSR count). The molecule has 7 nitrogen and oxygen atoms in total. The maximum absolute atomic E-state index is 13.1. The summed E-state index contributed by atoms with van der Waals surface area (Å²) in [4.78, 5) is 32.2. The number of carbonyl (C=O) groups is 2. The summed E-state index contributed by atoms with van der Waals surface area (Å²) in [5.74, 6) is 0.849. The molecule has 33 heavy (non-hydrogen) atoms. The molecule has 3 aromatic carbocycles. The average molecular weight is 441 g/mol. The van der Waals surface area contributed by atoms with Crippen molar-refractivity contribution in [1.29, 1.82) is 0 Å². The molecule has 0 atom stereocenters. The summed E-state index contributed by atoms with van der Waals surface area (Å²) < 4.78 is 7.28. The molecule has 0 saturated heterocycles. The van der Waals surface area contributed by atoms with Crippen molar-refractivity contribution < 1.29 is 14.3 Å². The van der Waals surface area contributed by atoms with E-state index < -0.39 is 0 Å². The summed E-state index contributed by atoms with van der Waals surface area (Å²) in [7, 11) is 1.61. The zero-order valence-corrected chi connectivity index (χ0v) is 18.3. The molecule has 2 amide bonds. The third-order valence-electron chi connectivity index (χ3n) is 5.93. The highest BCUT2D eigenvalue weighted by atomic mass is 16.5. The Bertz CT molecular complexity index is 1330. The predicted octanol–water partition coefficient (Wildman–Crippen LogP) is 3.63. The molecular formula is C26H24N4O3. The lowest BCUT2D eigenvalue weighted by Gasteiger charge is -2.27. The minimum absolute atomic E-state index is 0.0940. The van der Waals surface area contributed by atoms with Crippen molar-refractivity contribution in [3.8, 4) is 5.75 Å². The van der Waals surface area contributed by atoms with Gasteiger partial charge in [0.25, 0.3) is 11.8 Å². The third kappa shape index (κ3) is 4.05. The van der Waals surface area contributed by atoms with Crippen LogP contribution in [0.3, 0.4) is 0 Å². The summed E-state index contributed by atoms with van der Waals surface area (Å²) in [6, 6.07) is 22.9. The van der Waals surface area contributed by atoms with Crippen LogP contribution in [-0.4, -0.2) is 39.9 Å². The van der Waals surface area contributed by atoms with Crippen molar-refractivity contribution >= 4 is 22.8 Å². The SMILES string of the molecule is COc1ccccc1CNC(=O)c1ccc2c(c1)nc1n2CCN(Cc2ccccc2)C1=O. The largest absolute Gasteiger partial charge is 0.496 e. The van der Waals surface area contributed by atoms with Gasteiger partial charge in [0.2, 0.25) is 0 Å². The Hall–Kier alpha value is -4.13. The van der Waals surface area contributed by atoms with Crippen LogP contribution in [0.5, 0.6) is 5.75 Å². The predicted molar refractivity (Wildman–Crippen MR) is 125 cm³/mol. The van der Waals surface area contributed by atoms with E-state index in [1.807, 2.05) is 70.1 Å². The maximum atomic E-state index is 13.1. The van der Waals surface area contributed by atoms with Gasteiger partial charge in [0, 0.05) is 37.3 Å². The topological polar surface area (TPSA) is 76.5 Å². The van der Waals surface area contributed by atoms with E-state index in [1.165, 1.54) is 0 Å². The van der Waals surface area contributed by atoms with Crippen LogP contribution in [0.15, 0.2) is 72.8 Å². The van der Waals surface area contributed by atoms with Gasteiger partial charge in [-0.3, -0.25) is 9.59 Å².